The summed E-state index contributed by atoms with van der Waals surface area (Å²) in [5.41, 5.74) is 0. The van der Waals surface area contributed by atoms with Crippen LogP contribution in [0.15, 0.2) is 146 Å². The highest BCUT2D eigenvalue weighted by Crippen LogP contribution is 2.45. The third kappa shape index (κ3) is 4.29. The highest BCUT2D eigenvalue weighted by molar-refractivity contribution is 6.17. The van der Waals surface area contributed by atoms with Crippen LogP contribution in [-0.4, -0.2) is 19.9 Å². The van der Waals surface area contributed by atoms with E-state index in [1.54, 1.807) is 0 Å². The molecule has 12 aromatic rings. The van der Waals surface area contributed by atoms with E-state index >= 15 is 0 Å². The molecule has 8 nitrogen and oxygen atoms in total. The summed E-state index contributed by atoms with van der Waals surface area (Å²) >= 11 is 0. The first-order valence-electron chi connectivity index (χ1n) is 18.9. The fourth-order valence-corrected chi connectivity index (χ4v) is 8.94. The molecule has 8 heteroatoms. The molecule has 0 saturated carbocycles. The molecule has 0 fully saturated rings. The molecule has 13 rings (SSSR count). The van der Waals surface area contributed by atoms with Crippen LogP contribution in [0.25, 0.3) is 86.2 Å². The molecule has 0 amide bonds. The number of nitrogens with one attached hydrogen (secondary N) is 8. The maximum Gasteiger partial charge on any atom is 0.118 e. The third-order valence-electron chi connectivity index (χ3n) is 11.7. The zero-order valence-corrected chi connectivity index (χ0v) is 29.9. The lowest BCUT2D eigenvalue weighted by Gasteiger charge is -2.06. The monoisotopic (exact) mass is 720 g/mol. The second-order valence-corrected chi connectivity index (χ2v) is 15.0. The summed E-state index contributed by atoms with van der Waals surface area (Å²) in [4.78, 5) is 15.1. The minimum Gasteiger partial charge on any atom is -0.327 e. The topological polar surface area (TPSA) is 111 Å². The highest BCUT2D eigenvalue weighted by Gasteiger charge is 2.22. The van der Waals surface area contributed by atoms with Crippen LogP contribution in [0.3, 0.4) is 0 Å². The number of H-pyrrole nitrogens is 4. The zero-order valence-electron chi connectivity index (χ0n) is 29.9. The van der Waals surface area contributed by atoms with Gasteiger partial charge in [0.25, 0.3) is 0 Å². The number of benzene rings is 8. The Balaban J connectivity index is 1.12. The Bertz CT molecular complexity index is 2910. The Morgan fingerprint density at radius 2 is 0.339 bits per heavy atom. The first-order chi connectivity index (χ1) is 27.7. The molecule has 8 bridgehead atoms. The van der Waals surface area contributed by atoms with Gasteiger partial charge in [0, 0.05) is 43.1 Å². The van der Waals surface area contributed by atoms with E-state index in [4.69, 9.17) is 0 Å². The predicted octanol–water partition coefficient (Wildman–Crippen LogP) is 13.5. The van der Waals surface area contributed by atoms with E-state index in [0.29, 0.717) is 0 Å². The van der Waals surface area contributed by atoms with Gasteiger partial charge in [-0.2, -0.15) is 0 Å². The Kier molecular flexibility index (Phi) is 5.74. The summed E-state index contributed by atoms with van der Waals surface area (Å²) in [5, 5.41) is 33.4. The van der Waals surface area contributed by atoms with Crippen molar-refractivity contribution in [3.05, 3.63) is 146 Å². The fourth-order valence-electron chi connectivity index (χ4n) is 8.94. The fraction of sp³-hybridized carbons (Fsp3) is 0. The van der Waals surface area contributed by atoms with Gasteiger partial charge in [-0.1, -0.05) is 97.1 Å². The lowest BCUT2D eigenvalue weighted by atomic mass is 10.0. The van der Waals surface area contributed by atoms with Crippen LogP contribution in [-0.2, 0) is 0 Å². The van der Waals surface area contributed by atoms with E-state index in [2.05, 4.69) is 187 Å². The molecule has 0 radical (unpaired) electrons. The van der Waals surface area contributed by atoms with Gasteiger partial charge in [0.1, 0.15) is 46.5 Å². The Morgan fingerprint density at radius 1 is 0.196 bits per heavy atom. The maximum atomic E-state index is 3.84. The van der Waals surface area contributed by atoms with Crippen molar-refractivity contribution in [2.45, 2.75) is 0 Å². The van der Waals surface area contributed by atoms with Gasteiger partial charge in [-0.3, -0.25) is 0 Å². The minimum absolute atomic E-state index is 0.891. The number of fused-ring (bicyclic) bond motifs is 24. The van der Waals surface area contributed by atoms with Crippen molar-refractivity contribution in [3.8, 4) is 0 Å². The second kappa shape index (κ2) is 10.9. The molecule has 56 heavy (non-hydrogen) atoms. The number of aromatic amines is 4. The largest absolute Gasteiger partial charge is 0.327 e. The zero-order chi connectivity index (χ0) is 36.5. The summed E-state index contributed by atoms with van der Waals surface area (Å²) in [6, 6.07) is 52.3. The van der Waals surface area contributed by atoms with Gasteiger partial charge in [0.05, 0.1) is 0 Å². The van der Waals surface area contributed by atoms with Gasteiger partial charge >= 0.3 is 0 Å². The van der Waals surface area contributed by atoms with E-state index in [1.165, 1.54) is 43.1 Å². The molecule has 0 aliphatic carbocycles. The van der Waals surface area contributed by atoms with Crippen LogP contribution in [0, 0.1) is 0 Å². The average Bonchev–Trinajstić information content (AvgIpc) is 3.95. The predicted molar refractivity (Wildman–Crippen MR) is 236 cm³/mol. The number of hydrogen-bond acceptors (Lipinski definition) is 4. The summed E-state index contributed by atoms with van der Waals surface area (Å²) in [5.74, 6) is 7.13. The van der Waals surface area contributed by atoms with Crippen LogP contribution in [0.2, 0.25) is 0 Å². The number of anilines is 8. The molecule has 8 N–H and O–H groups in total. The summed E-state index contributed by atoms with van der Waals surface area (Å²) in [7, 11) is 0. The third-order valence-corrected chi connectivity index (χ3v) is 11.7. The molecule has 1 aliphatic heterocycles. The molecular formula is C48H32N8. The number of aromatic nitrogens is 4. The molecule has 0 atom stereocenters. The van der Waals surface area contributed by atoms with Crippen molar-refractivity contribution in [3.63, 3.8) is 0 Å². The van der Waals surface area contributed by atoms with Crippen molar-refractivity contribution in [1.29, 1.82) is 0 Å². The molecule has 0 unspecified atom stereocenters. The highest BCUT2D eigenvalue weighted by atomic mass is 15.2. The SMILES string of the molecule is c1ccc2cc3c4[nH]c(c3cc2c1)Nc1[nH]c(c2cc3ccccc3cc12)Nc1[nH]c(c2cc3ccccc3cc12)Nc1[nH]c(c2cc3ccccc3cc12)N4. The van der Waals surface area contributed by atoms with E-state index in [1.807, 2.05) is 0 Å². The molecule has 0 spiro atoms. The maximum absolute atomic E-state index is 3.84. The van der Waals surface area contributed by atoms with Gasteiger partial charge < -0.3 is 41.2 Å². The van der Waals surface area contributed by atoms with Crippen LogP contribution in [0.5, 0.6) is 0 Å². The van der Waals surface area contributed by atoms with Crippen molar-refractivity contribution >= 4 is 133 Å². The summed E-state index contributed by atoms with van der Waals surface area (Å²) < 4.78 is 0. The molecule has 0 saturated heterocycles. The van der Waals surface area contributed by atoms with E-state index in [-0.39, 0.29) is 0 Å². The Morgan fingerprint density at radius 3 is 0.482 bits per heavy atom. The van der Waals surface area contributed by atoms with Gasteiger partial charge in [-0.25, -0.2) is 0 Å². The first-order valence-corrected chi connectivity index (χ1v) is 18.9. The van der Waals surface area contributed by atoms with Gasteiger partial charge in [-0.15, -0.1) is 0 Å². The Labute approximate surface area is 318 Å². The molecule has 8 aromatic carbocycles. The van der Waals surface area contributed by atoms with Gasteiger partial charge in [-0.05, 0) is 91.6 Å². The van der Waals surface area contributed by atoms with Crippen LogP contribution in [0.4, 0.5) is 46.5 Å². The molecule has 264 valence electrons. The Hall–Kier alpha value is -7.84. The van der Waals surface area contributed by atoms with Crippen molar-refractivity contribution < 1.29 is 0 Å². The first kappa shape index (κ1) is 29.6. The van der Waals surface area contributed by atoms with Gasteiger partial charge in [0.2, 0.25) is 0 Å². The number of rotatable bonds is 0. The molecular weight excluding hydrogens is 689 g/mol. The quantitative estimate of drug-likeness (QED) is 0.0797. The van der Waals surface area contributed by atoms with Gasteiger partial charge in [0.15, 0.2) is 0 Å². The van der Waals surface area contributed by atoms with Crippen LogP contribution < -0.4 is 21.3 Å². The molecule has 4 aromatic heterocycles. The smallest absolute Gasteiger partial charge is 0.118 e. The van der Waals surface area contributed by atoms with Crippen molar-refractivity contribution in [1.82, 2.24) is 19.9 Å². The lowest BCUT2D eigenvalue weighted by molar-refractivity contribution is 1.28. The van der Waals surface area contributed by atoms with Crippen molar-refractivity contribution in [2.24, 2.45) is 0 Å². The van der Waals surface area contributed by atoms with E-state index in [9.17, 15) is 0 Å². The summed E-state index contributed by atoms with van der Waals surface area (Å²) in [6.07, 6.45) is 0. The summed E-state index contributed by atoms with van der Waals surface area (Å²) in [6.45, 7) is 0. The van der Waals surface area contributed by atoms with Crippen LogP contribution >= 0.6 is 0 Å². The molecule has 5 heterocycles. The molecule has 1 aliphatic rings. The minimum atomic E-state index is 0.891. The lowest BCUT2D eigenvalue weighted by Crippen LogP contribution is -1.97. The van der Waals surface area contributed by atoms with E-state index in [0.717, 1.165) is 89.6 Å². The second-order valence-electron chi connectivity index (χ2n) is 15.0. The number of hydrogen-bond donors (Lipinski definition) is 8. The van der Waals surface area contributed by atoms with E-state index < -0.39 is 0 Å². The average molecular weight is 721 g/mol. The standard InChI is InChI=1S/C48H32N8/c1-2-10-26-18-34-33(17-25(26)9-1)41-49-42(34)54-44-37-21-29-13-5-6-14-30(29)22-38(37)46(51-44)56-48-40-24-32-16-8-7-15-31(32)23-39(40)47(52-48)55-45-36-20-28-12-4-3-11-27(28)19-35(36)43(50-45)53-41/h1-24,49-56H. The van der Waals surface area contributed by atoms with Crippen LogP contribution in [0.1, 0.15) is 0 Å². The normalized spacial score (nSPS) is 12.9. The van der Waals surface area contributed by atoms with Crippen molar-refractivity contribution in [2.75, 3.05) is 21.3 Å².